The first-order valence-corrected chi connectivity index (χ1v) is 7.12. The van der Waals surface area contributed by atoms with E-state index >= 15 is 0 Å². The highest BCUT2D eigenvalue weighted by Gasteiger charge is 2.17. The van der Waals surface area contributed by atoms with Gasteiger partial charge in [-0.15, -0.1) is 0 Å². The summed E-state index contributed by atoms with van der Waals surface area (Å²) in [5.74, 6) is 0.155. The molecule has 0 spiro atoms. The smallest absolute Gasteiger partial charge is 0.253 e. The van der Waals surface area contributed by atoms with Crippen molar-refractivity contribution in [3.05, 3.63) is 42.2 Å². The molecule has 0 aliphatic carbocycles. The van der Waals surface area contributed by atoms with Crippen molar-refractivity contribution in [1.29, 1.82) is 0 Å². The Morgan fingerprint density at radius 3 is 2.35 bits per heavy atom. The molecule has 0 bridgehead atoms. The van der Waals surface area contributed by atoms with Gasteiger partial charge in [0.2, 0.25) is 0 Å². The molecule has 4 nitrogen and oxygen atoms in total. The SMILES string of the molecule is Cn1cc(-c2ccc(C(=O)N3CCCCC3)cc2)cn1. The van der Waals surface area contributed by atoms with E-state index in [2.05, 4.69) is 5.10 Å². The molecule has 0 N–H and O–H groups in total. The zero-order valence-electron chi connectivity index (χ0n) is 11.7. The summed E-state index contributed by atoms with van der Waals surface area (Å²) in [4.78, 5) is 14.3. The van der Waals surface area contributed by atoms with E-state index in [-0.39, 0.29) is 5.91 Å². The average Bonchev–Trinajstić information content (AvgIpc) is 2.94. The van der Waals surface area contributed by atoms with Crippen LogP contribution in [0.4, 0.5) is 0 Å². The maximum atomic E-state index is 12.4. The van der Waals surface area contributed by atoms with Gasteiger partial charge in [-0.05, 0) is 37.0 Å². The van der Waals surface area contributed by atoms with Crippen molar-refractivity contribution in [2.45, 2.75) is 19.3 Å². The van der Waals surface area contributed by atoms with Crippen LogP contribution in [0, 0.1) is 0 Å². The lowest BCUT2D eigenvalue weighted by atomic mass is 10.1. The number of likely N-dealkylation sites (tertiary alicyclic amines) is 1. The lowest BCUT2D eigenvalue weighted by Crippen LogP contribution is -2.35. The third-order valence-electron chi connectivity index (χ3n) is 3.81. The molecule has 1 aliphatic heterocycles. The topological polar surface area (TPSA) is 38.1 Å². The van der Waals surface area contributed by atoms with E-state index in [1.165, 1.54) is 6.42 Å². The predicted octanol–water partition coefficient (Wildman–Crippen LogP) is 2.71. The Hall–Kier alpha value is -2.10. The van der Waals surface area contributed by atoms with Crippen LogP contribution in [0.25, 0.3) is 11.1 Å². The summed E-state index contributed by atoms with van der Waals surface area (Å²) < 4.78 is 1.78. The number of rotatable bonds is 2. The molecule has 1 fully saturated rings. The van der Waals surface area contributed by atoms with Crippen LogP contribution in [0.3, 0.4) is 0 Å². The fraction of sp³-hybridized carbons (Fsp3) is 0.375. The van der Waals surface area contributed by atoms with Crippen molar-refractivity contribution < 1.29 is 4.79 Å². The number of hydrogen-bond acceptors (Lipinski definition) is 2. The van der Waals surface area contributed by atoms with E-state index in [9.17, 15) is 4.79 Å². The van der Waals surface area contributed by atoms with Gasteiger partial charge in [0.1, 0.15) is 0 Å². The molecular formula is C16H19N3O. The second kappa shape index (κ2) is 5.49. The minimum absolute atomic E-state index is 0.155. The molecule has 1 aliphatic rings. The van der Waals surface area contributed by atoms with Gasteiger partial charge >= 0.3 is 0 Å². The monoisotopic (exact) mass is 269 g/mol. The number of benzene rings is 1. The molecule has 1 saturated heterocycles. The van der Waals surface area contributed by atoms with Gasteiger partial charge in [0.15, 0.2) is 0 Å². The summed E-state index contributed by atoms with van der Waals surface area (Å²) in [6, 6.07) is 7.82. The Bertz CT molecular complexity index is 594. The van der Waals surface area contributed by atoms with Crippen molar-refractivity contribution in [2.75, 3.05) is 13.1 Å². The Balaban J connectivity index is 1.77. The fourth-order valence-electron chi connectivity index (χ4n) is 2.66. The van der Waals surface area contributed by atoms with E-state index in [0.717, 1.165) is 42.6 Å². The first kappa shape index (κ1) is 12.9. The molecule has 3 rings (SSSR count). The normalized spacial score (nSPS) is 15.3. The Morgan fingerprint density at radius 2 is 1.75 bits per heavy atom. The van der Waals surface area contributed by atoms with Gasteiger partial charge in [0, 0.05) is 37.5 Å². The lowest BCUT2D eigenvalue weighted by Gasteiger charge is -2.26. The van der Waals surface area contributed by atoms with Crippen LogP contribution in [-0.4, -0.2) is 33.7 Å². The predicted molar refractivity (Wildman–Crippen MR) is 78.4 cm³/mol. The number of aromatic nitrogens is 2. The minimum atomic E-state index is 0.155. The molecule has 104 valence electrons. The molecule has 20 heavy (non-hydrogen) atoms. The van der Waals surface area contributed by atoms with Crippen LogP contribution < -0.4 is 0 Å². The minimum Gasteiger partial charge on any atom is -0.339 e. The van der Waals surface area contributed by atoms with E-state index in [4.69, 9.17) is 0 Å². The van der Waals surface area contributed by atoms with Gasteiger partial charge in [0.25, 0.3) is 5.91 Å². The molecule has 2 heterocycles. The number of piperidine rings is 1. The lowest BCUT2D eigenvalue weighted by molar-refractivity contribution is 0.0724. The number of carbonyl (C=O) groups is 1. The van der Waals surface area contributed by atoms with Gasteiger partial charge in [-0.3, -0.25) is 9.48 Å². The third-order valence-corrected chi connectivity index (χ3v) is 3.81. The number of hydrogen-bond donors (Lipinski definition) is 0. The number of amides is 1. The summed E-state index contributed by atoms with van der Waals surface area (Å²) in [6.07, 6.45) is 7.30. The summed E-state index contributed by atoms with van der Waals surface area (Å²) in [5, 5.41) is 4.17. The van der Waals surface area contributed by atoms with Gasteiger partial charge in [-0.1, -0.05) is 12.1 Å². The Morgan fingerprint density at radius 1 is 1.05 bits per heavy atom. The van der Waals surface area contributed by atoms with Crippen LogP contribution >= 0.6 is 0 Å². The van der Waals surface area contributed by atoms with Gasteiger partial charge in [-0.2, -0.15) is 5.10 Å². The Kier molecular flexibility index (Phi) is 3.54. The largest absolute Gasteiger partial charge is 0.339 e. The first-order chi connectivity index (χ1) is 9.74. The van der Waals surface area contributed by atoms with Crippen molar-refractivity contribution >= 4 is 5.91 Å². The highest BCUT2D eigenvalue weighted by molar-refractivity contribution is 5.94. The Labute approximate surface area is 119 Å². The van der Waals surface area contributed by atoms with E-state index in [0.29, 0.717) is 0 Å². The van der Waals surface area contributed by atoms with Crippen LogP contribution in [0.15, 0.2) is 36.7 Å². The van der Waals surface area contributed by atoms with Gasteiger partial charge in [0.05, 0.1) is 6.20 Å². The first-order valence-electron chi connectivity index (χ1n) is 7.12. The highest BCUT2D eigenvalue weighted by Crippen LogP contribution is 2.20. The van der Waals surface area contributed by atoms with Crippen molar-refractivity contribution in [2.24, 2.45) is 7.05 Å². The van der Waals surface area contributed by atoms with Crippen molar-refractivity contribution in [3.8, 4) is 11.1 Å². The molecule has 0 atom stereocenters. The summed E-state index contributed by atoms with van der Waals surface area (Å²) >= 11 is 0. The molecule has 1 aromatic carbocycles. The second-order valence-corrected chi connectivity index (χ2v) is 5.33. The standard InChI is InChI=1S/C16H19N3O/c1-18-12-15(11-17-18)13-5-7-14(8-6-13)16(20)19-9-3-2-4-10-19/h5-8,11-12H,2-4,9-10H2,1H3. The molecule has 0 unspecified atom stereocenters. The van der Waals surface area contributed by atoms with E-state index in [1.807, 2.05) is 48.6 Å². The van der Waals surface area contributed by atoms with Gasteiger partial charge in [-0.25, -0.2) is 0 Å². The van der Waals surface area contributed by atoms with E-state index < -0.39 is 0 Å². The zero-order valence-corrected chi connectivity index (χ0v) is 11.7. The third kappa shape index (κ3) is 2.59. The summed E-state index contributed by atoms with van der Waals surface area (Å²) in [5.41, 5.74) is 2.94. The van der Waals surface area contributed by atoms with E-state index in [1.54, 1.807) is 4.68 Å². The maximum Gasteiger partial charge on any atom is 0.253 e. The van der Waals surface area contributed by atoms with Crippen LogP contribution in [0.5, 0.6) is 0 Å². The molecule has 1 aromatic heterocycles. The summed E-state index contributed by atoms with van der Waals surface area (Å²) in [7, 11) is 1.90. The average molecular weight is 269 g/mol. The molecule has 0 radical (unpaired) electrons. The molecule has 2 aromatic rings. The van der Waals surface area contributed by atoms with Crippen molar-refractivity contribution in [1.82, 2.24) is 14.7 Å². The zero-order chi connectivity index (χ0) is 13.9. The van der Waals surface area contributed by atoms with Crippen LogP contribution in [-0.2, 0) is 7.05 Å². The highest BCUT2D eigenvalue weighted by atomic mass is 16.2. The fourth-order valence-corrected chi connectivity index (χ4v) is 2.66. The molecular weight excluding hydrogens is 250 g/mol. The number of aryl methyl sites for hydroxylation is 1. The van der Waals surface area contributed by atoms with Crippen molar-refractivity contribution in [3.63, 3.8) is 0 Å². The quantitative estimate of drug-likeness (QED) is 0.840. The maximum absolute atomic E-state index is 12.4. The number of nitrogens with zero attached hydrogens (tertiary/aromatic N) is 3. The van der Waals surface area contributed by atoms with Crippen LogP contribution in [0.1, 0.15) is 29.6 Å². The molecule has 4 heteroatoms. The number of carbonyl (C=O) groups excluding carboxylic acids is 1. The van der Waals surface area contributed by atoms with Crippen LogP contribution in [0.2, 0.25) is 0 Å². The van der Waals surface area contributed by atoms with Gasteiger partial charge < -0.3 is 4.90 Å². The summed E-state index contributed by atoms with van der Waals surface area (Å²) in [6.45, 7) is 1.78. The molecule has 0 saturated carbocycles. The second-order valence-electron chi connectivity index (χ2n) is 5.33. The molecule has 1 amide bonds.